The van der Waals surface area contributed by atoms with Gasteiger partial charge in [0.1, 0.15) is 0 Å². The van der Waals surface area contributed by atoms with E-state index in [-0.39, 0.29) is 12.5 Å². The Morgan fingerprint density at radius 3 is 2.62 bits per heavy atom. The minimum absolute atomic E-state index is 0.00422. The first-order valence-electron chi connectivity index (χ1n) is 8.61. The summed E-state index contributed by atoms with van der Waals surface area (Å²) in [5, 5.41) is 9.16. The van der Waals surface area contributed by atoms with Gasteiger partial charge >= 0.3 is 0 Å². The monoisotopic (exact) mass is 376 g/mol. The second kappa shape index (κ2) is 7.79. The molecule has 2 heterocycles. The van der Waals surface area contributed by atoms with Crippen LogP contribution in [0.25, 0.3) is 11.3 Å². The summed E-state index contributed by atoms with van der Waals surface area (Å²) < 4.78 is 27.6. The van der Waals surface area contributed by atoms with E-state index in [1.807, 2.05) is 24.3 Å². The Labute approximate surface area is 154 Å². The van der Waals surface area contributed by atoms with Gasteiger partial charge in [0, 0.05) is 44.9 Å². The van der Waals surface area contributed by atoms with Crippen molar-refractivity contribution in [2.45, 2.75) is 25.4 Å². The Bertz CT molecular complexity index is 853. The highest BCUT2D eigenvalue weighted by molar-refractivity contribution is 7.86. The number of aliphatic hydroxyl groups is 1. The fourth-order valence-corrected chi connectivity index (χ4v) is 4.31. The lowest BCUT2D eigenvalue weighted by atomic mass is 9.96. The Morgan fingerprint density at radius 1 is 1.23 bits per heavy atom. The summed E-state index contributed by atoms with van der Waals surface area (Å²) in [4.78, 5) is 9.03. The Balaban J connectivity index is 1.83. The molecule has 8 heteroatoms. The molecule has 1 atom stereocenters. The standard InChI is InChI=1S/C18H24N4O3S/c1-21(2)26(24,25)22-9-3-4-16(12-22)18-11-19-10-17(20-18)15-7-5-14(13-23)6-8-15/h5-8,10-11,16,23H,3-4,9,12-13H2,1-2H3/t16-/m0/s1. The third-order valence-corrected chi connectivity index (χ3v) is 6.58. The van der Waals surface area contributed by atoms with Crippen LogP contribution in [0.5, 0.6) is 0 Å². The molecule has 0 aliphatic carbocycles. The van der Waals surface area contributed by atoms with Gasteiger partial charge in [0.05, 0.1) is 24.2 Å². The summed E-state index contributed by atoms with van der Waals surface area (Å²) in [5.74, 6) is 0.0302. The second-order valence-corrected chi connectivity index (χ2v) is 8.81. The van der Waals surface area contributed by atoms with Gasteiger partial charge in [-0.3, -0.25) is 4.98 Å². The van der Waals surface area contributed by atoms with Gasteiger partial charge in [0.2, 0.25) is 0 Å². The largest absolute Gasteiger partial charge is 0.392 e. The second-order valence-electron chi connectivity index (χ2n) is 6.67. The van der Waals surface area contributed by atoms with Gasteiger partial charge in [-0.2, -0.15) is 17.0 Å². The van der Waals surface area contributed by atoms with E-state index in [1.54, 1.807) is 26.5 Å². The maximum atomic E-state index is 12.4. The van der Waals surface area contributed by atoms with Crippen molar-refractivity contribution in [3.05, 3.63) is 47.9 Å². The quantitative estimate of drug-likeness (QED) is 0.857. The van der Waals surface area contributed by atoms with Crippen molar-refractivity contribution in [3.63, 3.8) is 0 Å². The summed E-state index contributed by atoms with van der Waals surface area (Å²) in [6.45, 7) is 0.957. The maximum absolute atomic E-state index is 12.4. The average Bonchev–Trinajstić information content (AvgIpc) is 2.68. The van der Waals surface area contributed by atoms with Gasteiger partial charge in [-0.25, -0.2) is 4.98 Å². The average molecular weight is 376 g/mol. The number of hydrogen-bond donors (Lipinski definition) is 1. The highest BCUT2D eigenvalue weighted by Gasteiger charge is 2.31. The van der Waals surface area contributed by atoms with Crippen molar-refractivity contribution in [2.75, 3.05) is 27.2 Å². The topological polar surface area (TPSA) is 86.6 Å². The summed E-state index contributed by atoms with van der Waals surface area (Å²) >= 11 is 0. The molecule has 1 fully saturated rings. The highest BCUT2D eigenvalue weighted by atomic mass is 32.2. The van der Waals surface area contributed by atoms with E-state index in [9.17, 15) is 8.42 Å². The third-order valence-electron chi connectivity index (χ3n) is 4.68. The van der Waals surface area contributed by atoms with Crippen LogP contribution in [0.3, 0.4) is 0 Å². The first-order valence-corrected chi connectivity index (χ1v) is 10.0. The third kappa shape index (κ3) is 3.93. The van der Waals surface area contributed by atoms with Crippen molar-refractivity contribution < 1.29 is 13.5 Å². The van der Waals surface area contributed by atoms with Gasteiger partial charge in [-0.05, 0) is 18.4 Å². The van der Waals surface area contributed by atoms with Crippen LogP contribution in [0.1, 0.15) is 30.0 Å². The van der Waals surface area contributed by atoms with Crippen molar-refractivity contribution in [3.8, 4) is 11.3 Å². The number of piperidine rings is 1. The SMILES string of the molecule is CN(C)S(=O)(=O)N1CCC[C@H](c2cncc(-c3ccc(CO)cc3)n2)C1. The number of benzene rings is 1. The molecule has 140 valence electrons. The lowest BCUT2D eigenvalue weighted by Gasteiger charge is -2.33. The van der Waals surface area contributed by atoms with Crippen LogP contribution < -0.4 is 0 Å². The van der Waals surface area contributed by atoms with Crippen molar-refractivity contribution in [1.82, 2.24) is 18.6 Å². The maximum Gasteiger partial charge on any atom is 0.281 e. The molecule has 0 bridgehead atoms. The minimum atomic E-state index is -3.42. The molecule has 1 aromatic carbocycles. The van der Waals surface area contributed by atoms with E-state index in [1.165, 1.54) is 8.61 Å². The number of aromatic nitrogens is 2. The highest BCUT2D eigenvalue weighted by Crippen LogP contribution is 2.28. The van der Waals surface area contributed by atoms with Gasteiger partial charge < -0.3 is 5.11 Å². The molecule has 1 aromatic heterocycles. The zero-order valence-electron chi connectivity index (χ0n) is 15.0. The predicted molar refractivity (Wildman–Crippen MR) is 99.5 cm³/mol. The van der Waals surface area contributed by atoms with Crippen molar-refractivity contribution in [1.29, 1.82) is 0 Å². The predicted octanol–water partition coefficient (Wildman–Crippen LogP) is 1.62. The molecular weight excluding hydrogens is 352 g/mol. The first kappa shape index (κ1) is 18.9. The number of rotatable bonds is 5. The molecule has 0 amide bonds. The van der Waals surface area contributed by atoms with Crippen molar-refractivity contribution in [2.24, 2.45) is 0 Å². The Morgan fingerprint density at radius 2 is 1.96 bits per heavy atom. The van der Waals surface area contributed by atoms with E-state index < -0.39 is 10.2 Å². The summed E-state index contributed by atoms with van der Waals surface area (Å²) in [7, 11) is -0.314. The van der Waals surface area contributed by atoms with Crippen LogP contribution in [-0.4, -0.2) is 59.3 Å². The molecule has 1 saturated heterocycles. The Hall–Kier alpha value is -1.87. The van der Waals surface area contributed by atoms with Crippen LogP contribution in [0, 0.1) is 0 Å². The summed E-state index contributed by atoms with van der Waals surface area (Å²) in [5.41, 5.74) is 3.33. The zero-order valence-corrected chi connectivity index (χ0v) is 15.9. The molecule has 0 saturated carbocycles. The number of aliphatic hydroxyl groups excluding tert-OH is 1. The van der Waals surface area contributed by atoms with E-state index in [0.29, 0.717) is 13.1 Å². The van der Waals surface area contributed by atoms with E-state index in [4.69, 9.17) is 10.1 Å². The number of nitrogens with zero attached hydrogens (tertiary/aromatic N) is 4. The van der Waals surface area contributed by atoms with E-state index in [0.717, 1.165) is 35.4 Å². The molecule has 26 heavy (non-hydrogen) atoms. The molecule has 0 radical (unpaired) electrons. The lowest BCUT2D eigenvalue weighted by molar-refractivity contribution is 0.282. The Kier molecular flexibility index (Phi) is 5.67. The molecular formula is C18H24N4O3S. The van der Waals surface area contributed by atoms with Gasteiger partial charge in [-0.1, -0.05) is 24.3 Å². The van der Waals surface area contributed by atoms with Crippen LogP contribution in [0.15, 0.2) is 36.7 Å². The molecule has 1 aliphatic rings. The van der Waals surface area contributed by atoms with E-state index in [2.05, 4.69) is 4.98 Å². The van der Waals surface area contributed by atoms with Gasteiger partial charge in [0.25, 0.3) is 10.2 Å². The molecule has 7 nitrogen and oxygen atoms in total. The smallest absolute Gasteiger partial charge is 0.281 e. The van der Waals surface area contributed by atoms with Crippen molar-refractivity contribution >= 4 is 10.2 Å². The lowest BCUT2D eigenvalue weighted by Crippen LogP contribution is -2.45. The summed E-state index contributed by atoms with van der Waals surface area (Å²) in [6.07, 6.45) is 5.12. The van der Waals surface area contributed by atoms with E-state index >= 15 is 0 Å². The molecule has 2 aromatic rings. The van der Waals surface area contributed by atoms with Gasteiger partial charge in [-0.15, -0.1) is 0 Å². The molecule has 1 N–H and O–H groups in total. The molecule has 0 spiro atoms. The zero-order chi connectivity index (χ0) is 18.7. The fraction of sp³-hybridized carbons (Fsp3) is 0.444. The summed E-state index contributed by atoms with van der Waals surface area (Å²) in [6, 6.07) is 7.53. The van der Waals surface area contributed by atoms with Gasteiger partial charge in [0.15, 0.2) is 0 Å². The normalized spacial score (nSPS) is 19.0. The van der Waals surface area contributed by atoms with Crippen LogP contribution >= 0.6 is 0 Å². The molecule has 0 unspecified atom stereocenters. The molecule has 1 aliphatic heterocycles. The van der Waals surface area contributed by atoms with Crippen LogP contribution in [0.4, 0.5) is 0 Å². The first-order chi connectivity index (χ1) is 12.4. The molecule has 3 rings (SSSR count). The van der Waals surface area contributed by atoms with Crippen LogP contribution in [0.2, 0.25) is 0 Å². The minimum Gasteiger partial charge on any atom is -0.392 e. The fourth-order valence-electron chi connectivity index (χ4n) is 3.12. The van der Waals surface area contributed by atoms with Crippen LogP contribution in [-0.2, 0) is 16.8 Å². The number of hydrogen-bond acceptors (Lipinski definition) is 5.